The summed E-state index contributed by atoms with van der Waals surface area (Å²) in [6, 6.07) is 15.9. The summed E-state index contributed by atoms with van der Waals surface area (Å²) in [5, 5.41) is 9.01. The molecule has 0 saturated carbocycles. The largest absolute Gasteiger partial charge is 0.457 e. The van der Waals surface area contributed by atoms with Gasteiger partial charge in [-0.15, -0.1) is 5.10 Å². The molecule has 128 valence electrons. The van der Waals surface area contributed by atoms with Crippen molar-refractivity contribution in [3.63, 3.8) is 0 Å². The lowest BCUT2D eigenvalue weighted by atomic mass is 10.2. The minimum absolute atomic E-state index is 0.250. The zero-order valence-electron chi connectivity index (χ0n) is 12.6. The van der Waals surface area contributed by atoms with Crippen molar-refractivity contribution in [1.82, 2.24) is 14.9 Å². The van der Waals surface area contributed by atoms with Crippen LogP contribution in [-0.4, -0.2) is 21.1 Å². The van der Waals surface area contributed by atoms with E-state index < -0.39 is 12.0 Å². The Balaban J connectivity index is 1.85. The van der Waals surface area contributed by atoms with Crippen molar-refractivity contribution in [2.75, 3.05) is 0 Å². The van der Waals surface area contributed by atoms with Crippen molar-refractivity contribution in [3.8, 4) is 11.5 Å². The predicted molar refractivity (Wildman–Crippen MR) is 88.4 cm³/mol. The second-order valence-corrected chi connectivity index (χ2v) is 5.28. The van der Waals surface area contributed by atoms with E-state index in [4.69, 9.17) is 17.0 Å². The molecule has 3 aromatic rings. The fourth-order valence-corrected chi connectivity index (χ4v) is 2.17. The van der Waals surface area contributed by atoms with E-state index in [0.29, 0.717) is 21.7 Å². The molecule has 0 spiro atoms. The first-order valence-electron chi connectivity index (χ1n) is 7.05. The molecule has 1 heterocycles. The number of alkyl halides is 3. The van der Waals surface area contributed by atoms with Crippen molar-refractivity contribution >= 4 is 18.4 Å². The molecule has 0 aliphatic carbocycles. The van der Waals surface area contributed by atoms with Crippen molar-refractivity contribution in [3.05, 3.63) is 70.8 Å². The second-order valence-electron chi connectivity index (χ2n) is 4.89. The van der Waals surface area contributed by atoms with E-state index >= 15 is 0 Å². The maximum absolute atomic E-state index is 12.9. The second kappa shape index (κ2) is 6.89. The molecule has 1 aromatic heterocycles. The summed E-state index contributed by atoms with van der Waals surface area (Å²) in [4.78, 5) is 0. The van der Waals surface area contributed by atoms with Gasteiger partial charge in [0.25, 0.3) is 5.82 Å². The van der Waals surface area contributed by atoms with Crippen LogP contribution in [0.3, 0.4) is 0 Å². The van der Waals surface area contributed by atoms with Crippen LogP contribution in [0.25, 0.3) is 0 Å². The number of hydrogen-bond donors (Lipinski definition) is 1. The van der Waals surface area contributed by atoms with Crippen LogP contribution in [0.4, 0.5) is 13.2 Å². The molecule has 1 N–H and O–H groups in total. The molecule has 0 saturated heterocycles. The van der Waals surface area contributed by atoms with Crippen LogP contribution < -0.4 is 4.74 Å². The Bertz CT molecular complexity index is 948. The first-order valence-corrected chi connectivity index (χ1v) is 7.46. The summed E-state index contributed by atoms with van der Waals surface area (Å²) in [6.45, 7) is 0. The number of para-hydroxylation sites is 1. The highest BCUT2D eigenvalue weighted by atomic mass is 32.1. The standard InChI is InChI=1S/C16H11F3N4OS/c17-16(18,19)14-21-22-15(25)23(14)20-10-11-5-4-8-13(9-11)24-12-6-2-1-3-7-12/h1-10H,(H,22,25)/b20-10+. The van der Waals surface area contributed by atoms with E-state index in [9.17, 15) is 13.2 Å². The fraction of sp³-hybridized carbons (Fsp3) is 0.0625. The molecule has 5 nitrogen and oxygen atoms in total. The van der Waals surface area contributed by atoms with Crippen LogP contribution in [0, 0.1) is 4.77 Å². The summed E-state index contributed by atoms with van der Waals surface area (Å²) >= 11 is 4.78. The molecule has 0 bridgehead atoms. The molecule has 9 heteroatoms. The maximum atomic E-state index is 12.9. The Hall–Kier alpha value is -2.94. The molecular formula is C16H11F3N4OS. The van der Waals surface area contributed by atoms with Gasteiger partial charge < -0.3 is 4.74 Å². The average molecular weight is 364 g/mol. The first-order chi connectivity index (χ1) is 11.9. The molecule has 0 fully saturated rings. The minimum Gasteiger partial charge on any atom is -0.457 e. The number of H-pyrrole nitrogens is 1. The molecule has 25 heavy (non-hydrogen) atoms. The van der Waals surface area contributed by atoms with E-state index in [0.717, 1.165) is 0 Å². The Morgan fingerprint density at radius 2 is 1.80 bits per heavy atom. The lowest BCUT2D eigenvalue weighted by Crippen LogP contribution is -2.12. The average Bonchev–Trinajstić information content (AvgIpc) is 2.95. The van der Waals surface area contributed by atoms with Crippen LogP contribution >= 0.6 is 12.2 Å². The van der Waals surface area contributed by atoms with Crippen molar-refractivity contribution in [1.29, 1.82) is 0 Å². The number of ether oxygens (including phenoxy) is 1. The molecule has 0 atom stereocenters. The van der Waals surface area contributed by atoms with E-state index in [-0.39, 0.29) is 4.77 Å². The molecule has 0 radical (unpaired) electrons. The van der Waals surface area contributed by atoms with Crippen LogP contribution in [0.15, 0.2) is 59.7 Å². The van der Waals surface area contributed by atoms with Gasteiger partial charge in [0.15, 0.2) is 0 Å². The number of nitrogens with one attached hydrogen (secondary N) is 1. The summed E-state index contributed by atoms with van der Waals surface area (Å²) < 4.78 is 44.5. The monoisotopic (exact) mass is 364 g/mol. The topological polar surface area (TPSA) is 55.2 Å². The van der Waals surface area contributed by atoms with Crippen molar-refractivity contribution in [2.24, 2.45) is 5.10 Å². The van der Waals surface area contributed by atoms with Gasteiger partial charge >= 0.3 is 6.18 Å². The van der Waals surface area contributed by atoms with Crippen molar-refractivity contribution in [2.45, 2.75) is 6.18 Å². The third kappa shape index (κ3) is 4.13. The SMILES string of the molecule is FC(F)(F)c1n[nH]c(=S)n1/N=C/c1cccc(Oc2ccccc2)c1. The number of aromatic amines is 1. The zero-order valence-corrected chi connectivity index (χ0v) is 13.4. The molecular weight excluding hydrogens is 353 g/mol. The first kappa shape index (κ1) is 16.9. The smallest absolute Gasteiger partial charge is 0.453 e. The molecule has 3 rings (SSSR count). The molecule has 0 aliphatic heterocycles. The molecule has 0 aliphatic rings. The van der Waals surface area contributed by atoms with Crippen LogP contribution in [-0.2, 0) is 6.18 Å². The highest BCUT2D eigenvalue weighted by molar-refractivity contribution is 7.71. The molecule has 0 unspecified atom stereocenters. The van der Waals surface area contributed by atoms with Crippen LogP contribution in [0.1, 0.15) is 11.4 Å². The zero-order chi connectivity index (χ0) is 17.9. The van der Waals surface area contributed by atoms with Gasteiger partial charge in [-0.3, -0.25) is 0 Å². The van der Waals surface area contributed by atoms with Gasteiger partial charge in [-0.2, -0.15) is 22.9 Å². The predicted octanol–water partition coefficient (Wildman–Crippen LogP) is 4.63. The van der Waals surface area contributed by atoms with Gasteiger partial charge in [-0.25, -0.2) is 5.10 Å². The van der Waals surface area contributed by atoms with Gasteiger partial charge in [0, 0.05) is 0 Å². The Morgan fingerprint density at radius 1 is 1.08 bits per heavy atom. The van der Waals surface area contributed by atoms with Gasteiger partial charge in [0.2, 0.25) is 4.77 Å². The molecule has 0 amide bonds. The number of benzene rings is 2. The molecule has 2 aromatic carbocycles. The Kier molecular flexibility index (Phi) is 4.66. The highest BCUT2D eigenvalue weighted by Gasteiger charge is 2.37. The summed E-state index contributed by atoms with van der Waals surface area (Å²) in [5.74, 6) is -0.0413. The van der Waals surface area contributed by atoms with E-state index in [2.05, 4.69) is 15.3 Å². The minimum atomic E-state index is -4.66. The third-order valence-corrected chi connectivity index (χ3v) is 3.33. The van der Waals surface area contributed by atoms with Crippen molar-refractivity contribution < 1.29 is 17.9 Å². The normalized spacial score (nSPS) is 11.8. The summed E-state index contributed by atoms with van der Waals surface area (Å²) in [6.07, 6.45) is -3.42. The van der Waals surface area contributed by atoms with Gasteiger partial charge in [-0.1, -0.05) is 30.3 Å². The Labute approximate surface area is 145 Å². The van der Waals surface area contributed by atoms with E-state index in [1.165, 1.54) is 6.21 Å². The van der Waals surface area contributed by atoms with Gasteiger partial charge in [0.1, 0.15) is 11.5 Å². The van der Waals surface area contributed by atoms with Crippen LogP contribution in [0.2, 0.25) is 0 Å². The fourth-order valence-electron chi connectivity index (χ4n) is 1.99. The number of rotatable bonds is 4. The lowest BCUT2D eigenvalue weighted by molar-refractivity contribution is -0.147. The number of hydrogen-bond acceptors (Lipinski definition) is 4. The number of aromatic nitrogens is 3. The number of nitrogens with zero attached hydrogens (tertiary/aromatic N) is 3. The van der Waals surface area contributed by atoms with Gasteiger partial charge in [-0.05, 0) is 42.0 Å². The Morgan fingerprint density at radius 3 is 2.52 bits per heavy atom. The highest BCUT2D eigenvalue weighted by Crippen LogP contribution is 2.27. The van der Waals surface area contributed by atoms with E-state index in [1.807, 2.05) is 18.2 Å². The lowest BCUT2D eigenvalue weighted by Gasteiger charge is -2.06. The quantitative estimate of drug-likeness (QED) is 0.542. The van der Waals surface area contributed by atoms with Crippen LogP contribution in [0.5, 0.6) is 11.5 Å². The summed E-state index contributed by atoms with van der Waals surface area (Å²) in [5.41, 5.74) is 0.546. The number of halogens is 3. The van der Waals surface area contributed by atoms with E-state index in [1.54, 1.807) is 36.4 Å². The maximum Gasteiger partial charge on any atom is 0.453 e. The third-order valence-electron chi connectivity index (χ3n) is 3.06. The van der Waals surface area contributed by atoms with Gasteiger partial charge in [0.05, 0.1) is 6.21 Å². The summed E-state index contributed by atoms with van der Waals surface area (Å²) in [7, 11) is 0.